The van der Waals surface area contributed by atoms with Gasteiger partial charge in [0.2, 0.25) is 0 Å². The van der Waals surface area contributed by atoms with Crippen LogP contribution in [0.5, 0.6) is 5.75 Å². The van der Waals surface area contributed by atoms with Crippen molar-refractivity contribution in [2.24, 2.45) is 0 Å². The normalized spacial score (nSPS) is 12.6. The Bertz CT molecular complexity index is 514. The molecule has 1 heterocycles. The number of hydrogen-bond donors (Lipinski definition) is 3. The van der Waals surface area contributed by atoms with E-state index in [1.807, 2.05) is 42.8 Å². The van der Waals surface area contributed by atoms with Crippen molar-refractivity contribution >= 4 is 11.3 Å². The molecule has 1 atom stereocenters. The van der Waals surface area contributed by atoms with E-state index in [-0.39, 0.29) is 0 Å². The fraction of sp³-hybridized carbons (Fsp3) is 0.333. The monoisotopic (exact) mass is 277 g/mol. The van der Waals surface area contributed by atoms with Gasteiger partial charge in [0, 0.05) is 13.1 Å². The molecule has 0 aliphatic rings. The zero-order valence-corrected chi connectivity index (χ0v) is 12.0. The lowest BCUT2D eigenvalue weighted by molar-refractivity contribution is 0.175. The zero-order valence-electron chi connectivity index (χ0n) is 11.2. The maximum absolute atomic E-state index is 9.94. The van der Waals surface area contributed by atoms with E-state index >= 15 is 0 Å². The number of benzene rings is 1. The third-order valence-corrected chi connectivity index (χ3v) is 3.85. The highest BCUT2D eigenvalue weighted by Gasteiger charge is 2.08. The number of aryl methyl sites for hydroxylation is 2. The van der Waals surface area contributed by atoms with Gasteiger partial charge in [0.05, 0.1) is 6.10 Å². The van der Waals surface area contributed by atoms with Crippen molar-refractivity contribution < 1.29 is 10.2 Å². The highest BCUT2D eigenvalue weighted by molar-refractivity contribution is 7.07. The van der Waals surface area contributed by atoms with Gasteiger partial charge in [-0.15, -0.1) is 0 Å². The highest BCUT2D eigenvalue weighted by atomic mass is 32.1. The standard InChI is InChI=1S/C15H19NO2S/c1-10-5-12(6-11(2)15(10)18)7-16-8-14(17)13-3-4-19-9-13/h3-6,9,14,16-18H,7-8H2,1-2H3. The first kappa shape index (κ1) is 14.1. The Kier molecular flexibility index (Phi) is 4.58. The predicted octanol–water partition coefficient (Wildman–Crippen LogP) is 2.89. The topological polar surface area (TPSA) is 52.5 Å². The maximum atomic E-state index is 9.94. The summed E-state index contributed by atoms with van der Waals surface area (Å²) in [6, 6.07) is 5.87. The maximum Gasteiger partial charge on any atom is 0.121 e. The van der Waals surface area contributed by atoms with Crippen molar-refractivity contribution in [1.82, 2.24) is 5.32 Å². The van der Waals surface area contributed by atoms with Gasteiger partial charge in [-0.25, -0.2) is 0 Å². The molecular formula is C15H19NO2S. The number of nitrogens with one attached hydrogen (secondary N) is 1. The molecule has 2 rings (SSSR count). The molecular weight excluding hydrogens is 258 g/mol. The molecule has 19 heavy (non-hydrogen) atoms. The van der Waals surface area contributed by atoms with Gasteiger partial charge in [0.1, 0.15) is 5.75 Å². The molecule has 3 nitrogen and oxygen atoms in total. The molecule has 0 saturated heterocycles. The van der Waals surface area contributed by atoms with Crippen LogP contribution in [0.2, 0.25) is 0 Å². The van der Waals surface area contributed by atoms with Crippen LogP contribution in [-0.2, 0) is 6.54 Å². The summed E-state index contributed by atoms with van der Waals surface area (Å²) in [7, 11) is 0. The quantitative estimate of drug-likeness (QED) is 0.787. The molecule has 2 aromatic rings. The second-order valence-corrected chi connectivity index (χ2v) is 5.56. The molecule has 0 fully saturated rings. The van der Waals surface area contributed by atoms with E-state index in [0.717, 1.165) is 22.3 Å². The largest absolute Gasteiger partial charge is 0.507 e. The Morgan fingerprint density at radius 2 is 1.95 bits per heavy atom. The van der Waals surface area contributed by atoms with Gasteiger partial charge in [0.25, 0.3) is 0 Å². The van der Waals surface area contributed by atoms with Crippen molar-refractivity contribution in [3.63, 3.8) is 0 Å². The van der Waals surface area contributed by atoms with Gasteiger partial charge >= 0.3 is 0 Å². The molecule has 0 aliphatic heterocycles. The molecule has 4 heteroatoms. The molecule has 0 bridgehead atoms. The Labute approximate surface area is 117 Å². The number of aliphatic hydroxyl groups is 1. The minimum atomic E-state index is -0.467. The Balaban J connectivity index is 1.89. The lowest BCUT2D eigenvalue weighted by Gasteiger charge is -2.12. The van der Waals surface area contributed by atoms with Gasteiger partial charge in [-0.3, -0.25) is 0 Å². The van der Waals surface area contributed by atoms with Crippen LogP contribution in [0, 0.1) is 13.8 Å². The van der Waals surface area contributed by atoms with E-state index in [4.69, 9.17) is 0 Å². The van der Waals surface area contributed by atoms with Crippen molar-refractivity contribution in [3.05, 3.63) is 51.2 Å². The summed E-state index contributed by atoms with van der Waals surface area (Å²) in [6.07, 6.45) is -0.467. The van der Waals surface area contributed by atoms with Gasteiger partial charge < -0.3 is 15.5 Å². The van der Waals surface area contributed by atoms with Crippen molar-refractivity contribution in [1.29, 1.82) is 0 Å². The van der Waals surface area contributed by atoms with E-state index in [2.05, 4.69) is 5.32 Å². The summed E-state index contributed by atoms with van der Waals surface area (Å²) in [5.74, 6) is 0.363. The molecule has 1 aromatic carbocycles. The molecule has 0 radical (unpaired) electrons. The second kappa shape index (κ2) is 6.19. The average Bonchev–Trinajstić information content (AvgIpc) is 2.89. The summed E-state index contributed by atoms with van der Waals surface area (Å²) in [5, 5.41) is 26.8. The average molecular weight is 277 g/mol. The summed E-state index contributed by atoms with van der Waals surface area (Å²) in [4.78, 5) is 0. The predicted molar refractivity (Wildman–Crippen MR) is 78.6 cm³/mol. The van der Waals surface area contributed by atoms with Crippen molar-refractivity contribution in [2.75, 3.05) is 6.54 Å². The fourth-order valence-electron chi connectivity index (χ4n) is 2.08. The van der Waals surface area contributed by atoms with Gasteiger partial charge in [-0.1, -0.05) is 12.1 Å². The lowest BCUT2D eigenvalue weighted by atomic mass is 10.1. The smallest absolute Gasteiger partial charge is 0.121 e. The van der Waals surface area contributed by atoms with Crippen LogP contribution < -0.4 is 5.32 Å². The molecule has 3 N–H and O–H groups in total. The molecule has 0 amide bonds. The first-order valence-corrected chi connectivity index (χ1v) is 7.22. The molecule has 0 spiro atoms. The second-order valence-electron chi connectivity index (χ2n) is 4.78. The Morgan fingerprint density at radius 1 is 1.26 bits per heavy atom. The SMILES string of the molecule is Cc1cc(CNCC(O)c2ccsc2)cc(C)c1O. The number of phenols is 1. The van der Waals surface area contributed by atoms with E-state index in [1.165, 1.54) is 0 Å². The van der Waals surface area contributed by atoms with E-state index < -0.39 is 6.10 Å². The van der Waals surface area contributed by atoms with Gasteiger partial charge in [-0.2, -0.15) is 11.3 Å². The first-order valence-electron chi connectivity index (χ1n) is 6.28. The van der Waals surface area contributed by atoms with Crippen LogP contribution in [0.3, 0.4) is 0 Å². The molecule has 1 unspecified atom stereocenters. The van der Waals surface area contributed by atoms with Crippen LogP contribution in [0.25, 0.3) is 0 Å². The molecule has 102 valence electrons. The van der Waals surface area contributed by atoms with Crippen LogP contribution >= 0.6 is 11.3 Å². The molecule has 1 aromatic heterocycles. The number of aromatic hydroxyl groups is 1. The third kappa shape index (κ3) is 3.56. The van der Waals surface area contributed by atoms with Crippen LogP contribution in [0.1, 0.15) is 28.4 Å². The summed E-state index contributed by atoms with van der Waals surface area (Å²) < 4.78 is 0. The zero-order chi connectivity index (χ0) is 13.8. The van der Waals surface area contributed by atoms with Crippen LogP contribution in [0.4, 0.5) is 0 Å². The summed E-state index contributed by atoms with van der Waals surface area (Å²) in [5.41, 5.74) is 3.84. The van der Waals surface area contributed by atoms with Crippen LogP contribution in [0.15, 0.2) is 29.0 Å². The number of hydrogen-bond acceptors (Lipinski definition) is 4. The Hall–Kier alpha value is -1.36. The third-order valence-electron chi connectivity index (χ3n) is 3.15. The summed E-state index contributed by atoms with van der Waals surface area (Å²) >= 11 is 1.59. The van der Waals surface area contributed by atoms with Crippen molar-refractivity contribution in [2.45, 2.75) is 26.5 Å². The first-order chi connectivity index (χ1) is 9.08. The minimum absolute atomic E-state index is 0.363. The number of aliphatic hydroxyl groups excluding tert-OH is 1. The van der Waals surface area contributed by atoms with E-state index in [0.29, 0.717) is 18.8 Å². The van der Waals surface area contributed by atoms with E-state index in [1.54, 1.807) is 11.3 Å². The number of thiophene rings is 1. The summed E-state index contributed by atoms with van der Waals surface area (Å²) in [6.45, 7) is 5.00. The molecule has 0 aliphatic carbocycles. The van der Waals surface area contributed by atoms with Crippen LogP contribution in [-0.4, -0.2) is 16.8 Å². The minimum Gasteiger partial charge on any atom is -0.507 e. The van der Waals surface area contributed by atoms with Gasteiger partial charge in [0.15, 0.2) is 0 Å². The molecule has 0 saturated carbocycles. The fourth-order valence-corrected chi connectivity index (χ4v) is 2.79. The number of rotatable bonds is 5. The highest BCUT2D eigenvalue weighted by Crippen LogP contribution is 2.23. The lowest BCUT2D eigenvalue weighted by Crippen LogP contribution is -2.20. The van der Waals surface area contributed by atoms with Gasteiger partial charge in [-0.05, 0) is 52.9 Å². The Morgan fingerprint density at radius 3 is 2.53 bits per heavy atom. The van der Waals surface area contributed by atoms with E-state index in [9.17, 15) is 10.2 Å². The number of phenolic OH excluding ortho intramolecular Hbond substituents is 1. The van der Waals surface area contributed by atoms with Crippen molar-refractivity contribution in [3.8, 4) is 5.75 Å².